The zero-order chi connectivity index (χ0) is 19.6. The van der Waals surface area contributed by atoms with Crippen molar-refractivity contribution in [2.45, 2.75) is 77.0 Å². The van der Waals surface area contributed by atoms with Crippen molar-refractivity contribution in [1.29, 1.82) is 0 Å². The third-order valence-electron chi connectivity index (χ3n) is 5.02. The van der Waals surface area contributed by atoms with E-state index in [1.807, 2.05) is 24.3 Å². The molecule has 1 saturated carbocycles. The van der Waals surface area contributed by atoms with Crippen molar-refractivity contribution in [3.63, 3.8) is 0 Å². The van der Waals surface area contributed by atoms with Gasteiger partial charge in [-0.15, -0.1) is 0 Å². The predicted molar refractivity (Wildman–Crippen MR) is 103 cm³/mol. The smallest absolute Gasteiger partial charge is 0.408 e. The normalized spacial score (nSPS) is 21.4. The lowest BCUT2D eigenvalue weighted by Gasteiger charge is -2.35. The molecule has 27 heavy (non-hydrogen) atoms. The molecule has 1 heterocycles. The molecule has 2 aliphatic rings. The summed E-state index contributed by atoms with van der Waals surface area (Å²) >= 11 is 0. The molecule has 6 heteroatoms. The van der Waals surface area contributed by atoms with Crippen LogP contribution >= 0.6 is 0 Å². The number of alkyl carbamates (subject to hydrolysis) is 1. The van der Waals surface area contributed by atoms with Gasteiger partial charge in [0.15, 0.2) is 11.8 Å². The van der Waals surface area contributed by atoms with Gasteiger partial charge in [0.2, 0.25) is 0 Å². The number of anilines is 1. The average molecular weight is 372 g/mol. The summed E-state index contributed by atoms with van der Waals surface area (Å²) in [5, 5.41) is 2.52. The van der Waals surface area contributed by atoms with Gasteiger partial charge in [0.1, 0.15) is 5.60 Å². The molecule has 0 saturated heterocycles. The molecule has 0 bridgehead atoms. The molecule has 1 N–H and O–H groups in total. The molecule has 6 nitrogen and oxygen atoms in total. The topological polar surface area (TPSA) is 75.7 Å². The van der Waals surface area contributed by atoms with Crippen LogP contribution in [0.5, 0.6) is 0 Å². The van der Waals surface area contributed by atoms with Gasteiger partial charge >= 0.3 is 6.09 Å². The highest BCUT2D eigenvalue weighted by molar-refractivity contribution is 6.16. The minimum atomic E-state index is -1.21. The van der Waals surface area contributed by atoms with Gasteiger partial charge in [-0.3, -0.25) is 9.59 Å². The summed E-state index contributed by atoms with van der Waals surface area (Å²) in [5.41, 5.74) is 0.915. The number of benzene rings is 1. The summed E-state index contributed by atoms with van der Waals surface area (Å²) in [6.45, 7) is 5.23. The summed E-state index contributed by atoms with van der Waals surface area (Å²) in [5.74, 6) is -0.667. The molecule has 3 rings (SSSR count). The Morgan fingerprint density at radius 3 is 2.44 bits per heavy atom. The van der Waals surface area contributed by atoms with Crippen LogP contribution in [0.3, 0.4) is 0 Å². The zero-order valence-corrected chi connectivity index (χ0v) is 16.3. The number of carbonyl (C=O) groups excluding carboxylic acids is 3. The Bertz CT molecular complexity index is 732. The number of nitrogens with zero attached hydrogens (tertiary/aromatic N) is 1. The van der Waals surface area contributed by atoms with Crippen molar-refractivity contribution in [3.05, 3.63) is 29.8 Å². The fourth-order valence-corrected chi connectivity index (χ4v) is 3.86. The lowest BCUT2D eigenvalue weighted by molar-refractivity contribution is -0.129. The molecule has 1 atom stereocenters. The second-order valence-electron chi connectivity index (χ2n) is 8.35. The van der Waals surface area contributed by atoms with E-state index in [4.69, 9.17) is 4.74 Å². The van der Waals surface area contributed by atoms with Crippen LogP contribution in [0.4, 0.5) is 10.5 Å². The molecular formula is C21H28N2O4. The van der Waals surface area contributed by atoms with Gasteiger partial charge in [0.05, 0.1) is 0 Å². The number of fused-ring (bicyclic) bond motifs is 1. The van der Waals surface area contributed by atoms with Crippen LogP contribution in [0.1, 0.15) is 58.4 Å². The molecule has 1 fully saturated rings. The summed E-state index contributed by atoms with van der Waals surface area (Å²) in [4.78, 5) is 40.1. The second kappa shape index (κ2) is 7.71. The minimum Gasteiger partial charge on any atom is -0.444 e. The van der Waals surface area contributed by atoms with Crippen LogP contribution in [-0.4, -0.2) is 35.5 Å². The van der Waals surface area contributed by atoms with Gasteiger partial charge in [0, 0.05) is 18.2 Å². The van der Waals surface area contributed by atoms with Crippen molar-refractivity contribution < 1.29 is 19.1 Å². The van der Waals surface area contributed by atoms with E-state index >= 15 is 0 Å². The Kier molecular flexibility index (Phi) is 5.53. The quantitative estimate of drug-likeness (QED) is 0.808. The maximum absolute atomic E-state index is 13.4. The van der Waals surface area contributed by atoms with Crippen molar-refractivity contribution in [2.75, 3.05) is 4.90 Å². The first-order valence-corrected chi connectivity index (χ1v) is 9.69. The Hall–Kier alpha value is -2.37. The second-order valence-corrected chi connectivity index (χ2v) is 8.35. The van der Waals surface area contributed by atoms with Crippen LogP contribution in [0.2, 0.25) is 0 Å². The third-order valence-corrected chi connectivity index (χ3v) is 5.02. The molecule has 0 unspecified atom stereocenters. The first-order chi connectivity index (χ1) is 12.8. The maximum atomic E-state index is 13.4. The van der Waals surface area contributed by atoms with Crippen molar-refractivity contribution in [2.24, 2.45) is 0 Å². The van der Waals surface area contributed by atoms with Gasteiger partial charge in [-0.2, -0.15) is 0 Å². The molecule has 0 radical (unpaired) electrons. The molecule has 1 aliphatic heterocycles. The van der Waals surface area contributed by atoms with E-state index in [2.05, 4.69) is 5.32 Å². The molecule has 1 aromatic carbocycles. The van der Waals surface area contributed by atoms with E-state index in [0.717, 1.165) is 36.9 Å². The first kappa shape index (κ1) is 19.4. The van der Waals surface area contributed by atoms with E-state index in [0.29, 0.717) is 0 Å². The van der Waals surface area contributed by atoms with Crippen molar-refractivity contribution in [1.82, 2.24) is 5.32 Å². The summed E-state index contributed by atoms with van der Waals surface area (Å²) in [6, 6.07) is 6.37. The Morgan fingerprint density at radius 2 is 1.78 bits per heavy atom. The van der Waals surface area contributed by atoms with Crippen LogP contribution in [0.25, 0.3) is 0 Å². The van der Waals surface area contributed by atoms with Crippen molar-refractivity contribution >= 4 is 23.5 Å². The molecule has 0 spiro atoms. The third kappa shape index (κ3) is 4.49. The van der Waals surface area contributed by atoms with E-state index < -0.39 is 17.7 Å². The highest BCUT2D eigenvalue weighted by Crippen LogP contribution is 2.33. The lowest BCUT2D eigenvalue weighted by atomic mass is 9.93. The van der Waals surface area contributed by atoms with Crippen molar-refractivity contribution in [3.8, 4) is 0 Å². The van der Waals surface area contributed by atoms with Gasteiger partial charge in [-0.25, -0.2) is 4.79 Å². The highest BCUT2D eigenvalue weighted by Gasteiger charge is 2.40. The summed E-state index contributed by atoms with van der Waals surface area (Å²) in [7, 11) is 0. The fraction of sp³-hybridized carbons (Fsp3) is 0.571. The number of rotatable bonds is 2. The average Bonchev–Trinajstić information content (AvgIpc) is 2.69. The van der Waals surface area contributed by atoms with Crippen LogP contribution in [-0.2, 0) is 20.7 Å². The number of ketones is 1. The number of carbonyl (C=O) groups is 3. The number of amides is 2. The standard InChI is InChI=1S/C21H28N2O4/c1-21(2,3)27-20(26)22-18-17(24)13-14-9-7-8-12-16(14)23(19(18)25)15-10-5-4-6-11-15/h7-9,12,15,18H,4-6,10-11,13H2,1-3H3,(H,22,26)/t18-/m0/s1. The van der Waals surface area contributed by atoms with Gasteiger partial charge < -0.3 is 15.0 Å². The van der Waals surface area contributed by atoms with Crippen LogP contribution in [0.15, 0.2) is 24.3 Å². The van der Waals surface area contributed by atoms with Gasteiger partial charge in [0.25, 0.3) is 5.91 Å². The largest absolute Gasteiger partial charge is 0.444 e. The number of para-hydroxylation sites is 1. The summed E-state index contributed by atoms with van der Waals surface area (Å²) < 4.78 is 5.26. The van der Waals surface area contributed by atoms with E-state index in [1.165, 1.54) is 6.42 Å². The molecule has 1 aromatic rings. The molecule has 2 amide bonds. The predicted octanol–water partition coefficient (Wildman–Crippen LogP) is 3.37. The SMILES string of the molecule is CC(C)(C)OC(=O)N[C@H]1C(=O)Cc2ccccc2N(C2CCCCC2)C1=O. The fourth-order valence-electron chi connectivity index (χ4n) is 3.86. The Labute approximate surface area is 160 Å². The van der Waals surface area contributed by atoms with Gasteiger partial charge in [-0.05, 0) is 45.2 Å². The highest BCUT2D eigenvalue weighted by atomic mass is 16.6. The monoisotopic (exact) mass is 372 g/mol. The van der Waals surface area contributed by atoms with Gasteiger partial charge in [-0.1, -0.05) is 37.5 Å². The number of hydrogen-bond donors (Lipinski definition) is 1. The Morgan fingerprint density at radius 1 is 1.11 bits per heavy atom. The Balaban J connectivity index is 1.91. The first-order valence-electron chi connectivity index (χ1n) is 9.69. The lowest BCUT2D eigenvalue weighted by Crippen LogP contribution is -2.55. The molecular weight excluding hydrogens is 344 g/mol. The van der Waals surface area contributed by atoms with Crippen LogP contribution < -0.4 is 10.2 Å². The number of hydrogen-bond acceptors (Lipinski definition) is 4. The molecule has 1 aliphatic carbocycles. The molecule has 0 aromatic heterocycles. The molecule has 146 valence electrons. The van der Waals surface area contributed by atoms with E-state index in [-0.39, 0.29) is 24.2 Å². The van der Waals surface area contributed by atoms with E-state index in [1.54, 1.807) is 25.7 Å². The maximum Gasteiger partial charge on any atom is 0.408 e. The zero-order valence-electron chi connectivity index (χ0n) is 16.3. The number of Topliss-reactive ketones (excluding diaryl/α,β-unsaturated/α-hetero) is 1. The van der Waals surface area contributed by atoms with Crippen LogP contribution in [0, 0.1) is 0 Å². The van der Waals surface area contributed by atoms with E-state index in [9.17, 15) is 14.4 Å². The summed E-state index contributed by atoms with van der Waals surface area (Å²) in [6.07, 6.45) is 4.48. The number of nitrogens with one attached hydrogen (secondary N) is 1. The number of ether oxygens (including phenoxy) is 1. The minimum absolute atomic E-state index is 0.0567.